The zero-order valence-corrected chi connectivity index (χ0v) is 12.7. The summed E-state index contributed by atoms with van der Waals surface area (Å²) >= 11 is 1.69. The summed E-state index contributed by atoms with van der Waals surface area (Å²) in [5, 5.41) is 4.32. The second-order valence-corrected chi connectivity index (χ2v) is 5.37. The number of halogens is 1. The average molecular weight is 306 g/mol. The second kappa shape index (κ2) is 6.27. The first-order valence-corrected chi connectivity index (χ1v) is 7.04. The molecule has 3 rings (SSSR count). The topological polar surface area (TPSA) is 35.2 Å². The van der Waals surface area contributed by atoms with Crippen molar-refractivity contribution in [1.82, 2.24) is 0 Å². The molecule has 0 unspecified atom stereocenters. The maximum atomic E-state index is 6.39. The molecule has 2 aromatic carbocycles. The van der Waals surface area contributed by atoms with Crippen LogP contribution in [0.5, 0.6) is 5.75 Å². The number of ether oxygens (including phenoxy) is 1. The van der Waals surface area contributed by atoms with Crippen molar-refractivity contribution in [2.24, 2.45) is 5.73 Å². The Labute approximate surface area is 128 Å². The summed E-state index contributed by atoms with van der Waals surface area (Å²) in [5.41, 5.74) is 7.53. The van der Waals surface area contributed by atoms with Crippen LogP contribution in [0, 0.1) is 0 Å². The molecular formula is C16H16ClNOS. The highest BCUT2D eigenvalue weighted by atomic mass is 35.5. The lowest BCUT2D eigenvalue weighted by molar-refractivity contribution is 0.419. The van der Waals surface area contributed by atoms with E-state index in [9.17, 15) is 0 Å². The van der Waals surface area contributed by atoms with Crippen LogP contribution < -0.4 is 10.5 Å². The maximum Gasteiger partial charge on any atom is 0.126 e. The molecule has 1 atom stereocenters. The van der Waals surface area contributed by atoms with E-state index in [1.807, 2.05) is 24.3 Å². The van der Waals surface area contributed by atoms with Crippen molar-refractivity contribution in [3.8, 4) is 5.75 Å². The molecule has 0 aliphatic rings. The third-order valence-corrected chi connectivity index (χ3v) is 4.28. The van der Waals surface area contributed by atoms with Crippen LogP contribution in [0.25, 0.3) is 10.8 Å². The van der Waals surface area contributed by atoms with Crippen LogP contribution in [0.3, 0.4) is 0 Å². The minimum atomic E-state index is -0.0872. The fourth-order valence-electron chi connectivity index (χ4n) is 2.37. The molecule has 4 heteroatoms. The Morgan fingerprint density at radius 3 is 2.40 bits per heavy atom. The zero-order valence-electron chi connectivity index (χ0n) is 11.1. The molecule has 104 valence electrons. The number of methoxy groups -OCH3 is 1. The molecule has 0 saturated heterocycles. The van der Waals surface area contributed by atoms with E-state index in [2.05, 4.69) is 29.6 Å². The first kappa shape index (κ1) is 14.9. The molecular weight excluding hydrogens is 290 g/mol. The monoisotopic (exact) mass is 305 g/mol. The maximum absolute atomic E-state index is 6.39. The number of thiophene rings is 1. The quantitative estimate of drug-likeness (QED) is 0.779. The van der Waals surface area contributed by atoms with Gasteiger partial charge in [0.05, 0.1) is 13.2 Å². The van der Waals surface area contributed by atoms with E-state index < -0.39 is 0 Å². The highest BCUT2D eigenvalue weighted by Crippen LogP contribution is 2.34. The van der Waals surface area contributed by atoms with Crippen molar-refractivity contribution >= 4 is 34.5 Å². The second-order valence-electron chi connectivity index (χ2n) is 4.40. The van der Waals surface area contributed by atoms with Gasteiger partial charge in [-0.2, -0.15) is 0 Å². The predicted molar refractivity (Wildman–Crippen MR) is 88.1 cm³/mol. The Hall–Kier alpha value is -1.55. The van der Waals surface area contributed by atoms with Crippen molar-refractivity contribution in [2.75, 3.05) is 7.11 Å². The molecule has 3 aromatic rings. The van der Waals surface area contributed by atoms with E-state index >= 15 is 0 Å². The van der Waals surface area contributed by atoms with E-state index in [1.54, 1.807) is 18.4 Å². The third kappa shape index (κ3) is 2.52. The van der Waals surface area contributed by atoms with Gasteiger partial charge in [-0.25, -0.2) is 0 Å². The number of fused-ring (bicyclic) bond motifs is 1. The summed E-state index contributed by atoms with van der Waals surface area (Å²) in [6, 6.07) is 16.3. The van der Waals surface area contributed by atoms with Gasteiger partial charge in [-0.3, -0.25) is 0 Å². The molecule has 0 bridgehead atoms. The Morgan fingerprint density at radius 1 is 1.00 bits per heavy atom. The van der Waals surface area contributed by atoms with Gasteiger partial charge in [0.2, 0.25) is 0 Å². The van der Waals surface area contributed by atoms with Gasteiger partial charge in [0.15, 0.2) is 0 Å². The summed E-state index contributed by atoms with van der Waals surface area (Å²) in [4.78, 5) is 1.18. The molecule has 2 N–H and O–H groups in total. The number of hydrogen-bond acceptors (Lipinski definition) is 3. The normalized spacial score (nSPS) is 11.9. The molecule has 0 aliphatic carbocycles. The van der Waals surface area contributed by atoms with Gasteiger partial charge in [-0.15, -0.1) is 23.7 Å². The molecule has 0 amide bonds. The highest BCUT2D eigenvalue weighted by Gasteiger charge is 2.14. The summed E-state index contributed by atoms with van der Waals surface area (Å²) in [6.45, 7) is 0. The van der Waals surface area contributed by atoms with Gasteiger partial charge in [0, 0.05) is 10.3 Å². The summed E-state index contributed by atoms with van der Waals surface area (Å²) in [6.07, 6.45) is 0. The van der Waals surface area contributed by atoms with Crippen molar-refractivity contribution in [2.45, 2.75) is 6.04 Å². The summed E-state index contributed by atoms with van der Waals surface area (Å²) in [5.74, 6) is 0.887. The van der Waals surface area contributed by atoms with Crippen LogP contribution in [0.2, 0.25) is 0 Å². The predicted octanol–water partition coefficient (Wildman–Crippen LogP) is 4.38. The molecule has 1 aromatic heterocycles. The Balaban J connectivity index is 0.00000147. The van der Waals surface area contributed by atoms with Gasteiger partial charge < -0.3 is 10.5 Å². The minimum absolute atomic E-state index is 0. The lowest BCUT2D eigenvalue weighted by atomic mass is 9.97. The smallest absolute Gasteiger partial charge is 0.126 e. The van der Waals surface area contributed by atoms with Gasteiger partial charge in [-0.05, 0) is 28.5 Å². The number of hydrogen-bond donors (Lipinski definition) is 1. The van der Waals surface area contributed by atoms with E-state index in [0.717, 1.165) is 22.1 Å². The van der Waals surface area contributed by atoms with Crippen molar-refractivity contribution in [3.63, 3.8) is 0 Å². The van der Waals surface area contributed by atoms with Crippen LogP contribution in [0.15, 0.2) is 53.9 Å². The van der Waals surface area contributed by atoms with E-state index in [1.165, 1.54) is 4.88 Å². The Kier molecular flexibility index (Phi) is 4.65. The molecule has 1 heterocycles. The highest BCUT2D eigenvalue weighted by molar-refractivity contribution is 7.10. The Bertz CT molecular complexity index is 697. The average Bonchev–Trinajstić information content (AvgIpc) is 2.99. The van der Waals surface area contributed by atoms with E-state index in [0.29, 0.717) is 0 Å². The third-order valence-electron chi connectivity index (χ3n) is 3.32. The van der Waals surface area contributed by atoms with Crippen LogP contribution in [-0.4, -0.2) is 7.11 Å². The largest absolute Gasteiger partial charge is 0.496 e. The van der Waals surface area contributed by atoms with Crippen LogP contribution in [-0.2, 0) is 0 Å². The molecule has 0 spiro atoms. The van der Waals surface area contributed by atoms with Gasteiger partial charge in [0.25, 0.3) is 0 Å². The van der Waals surface area contributed by atoms with Crippen LogP contribution in [0.4, 0.5) is 0 Å². The molecule has 0 aliphatic heterocycles. The molecule has 0 radical (unpaired) electrons. The Morgan fingerprint density at radius 2 is 1.75 bits per heavy atom. The summed E-state index contributed by atoms with van der Waals surface area (Å²) in [7, 11) is 1.70. The molecule has 0 fully saturated rings. The molecule has 2 nitrogen and oxygen atoms in total. The lowest BCUT2D eigenvalue weighted by Crippen LogP contribution is -2.10. The molecule has 0 saturated carbocycles. The van der Waals surface area contributed by atoms with E-state index in [4.69, 9.17) is 10.5 Å². The summed E-state index contributed by atoms with van der Waals surface area (Å²) < 4.78 is 5.41. The van der Waals surface area contributed by atoms with Gasteiger partial charge >= 0.3 is 0 Å². The minimum Gasteiger partial charge on any atom is -0.496 e. The van der Waals surface area contributed by atoms with Crippen LogP contribution in [0.1, 0.15) is 16.5 Å². The van der Waals surface area contributed by atoms with Crippen LogP contribution >= 0.6 is 23.7 Å². The number of rotatable bonds is 3. The fourth-order valence-corrected chi connectivity index (χ4v) is 3.11. The van der Waals surface area contributed by atoms with Crippen molar-refractivity contribution < 1.29 is 4.74 Å². The van der Waals surface area contributed by atoms with Crippen molar-refractivity contribution in [3.05, 3.63) is 64.4 Å². The zero-order chi connectivity index (χ0) is 13.2. The SMILES string of the molecule is COc1ccc([C@@H](N)c2cccs2)c2ccccc12.Cl. The number of benzene rings is 2. The standard InChI is InChI=1S/C16H15NOS.ClH/c1-18-14-9-8-13(11-5-2-3-6-12(11)14)16(17)15-7-4-10-19-15;/h2-10,16H,17H2,1H3;1H/t16-;/m1./s1. The number of nitrogens with two attached hydrogens (primary N) is 1. The van der Waals surface area contributed by atoms with Gasteiger partial charge in [-0.1, -0.05) is 36.4 Å². The first-order valence-electron chi connectivity index (χ1n) is 6.16. The lowest BCUT2D eigenvalue weighted by Gasteiger charge is -2.15. The molecule has 20 heavy (non-hydrogen) atoms. The van der Waals surface area contributed by atoms with E-state index in [-0.39, 0.29) is 18.4 Å². The van der Waals surface area contributed by atoms with Crippen molar-refractivity contribution in [1.29, 1.82) is 0 Å². The van der Waals surface area contributed by atoms with Gasteiger partial charge in [0.1, 0.15) is 5.75 Å². The fraction of sp³-hybridized carbons (Fsp3) is 0.125. The first-order chi connectivity index (χ1) is 9.31.